The van der Waals surface area contributed by atoms with Gasteiger partial charge in [-0.3, -0.25) is 4.79 Å². The molecule has 0 aliphatic carbocycles. The Morgan fingerprint density at radius 3 is 1.07 bits per heavy atom. The second kappa shape index (κ2) is 39.3. The number of hydrogen-bond acceptors (Lipinski definition) is 16. The maximum atomic E-state index is 11.7. The Hall–Kier alpha value is -2.52. The van der Waals surface area contributed by atoms with Gasteiger partial charge in [-0.1, -0.05) is 30.3 Å². The molecular formula is C39H69NO16. The molecule has 1 aromatic carbocycles. The van der Waals surface area contributed by atoms with Gasteiger partial charge in [-0.25, -0.2) is 4.79 Å². The average molecular weight is 808 g/mol. The van der Waals surface area contributed by atoms with E-state index in [1.54, 1.807) is 0 Å². The molecular weight excluding hydrogens is 738 g/mol. The minimum Gasteiger partial charge on any atom is -0.460 e. The fourth-order valence-electron chi connectivity index (χ4n) is 4.07. The predicted molar refractivity (Wildman–Crippen MR) is 205 cm³/mol. The van der Waals surface area contributed by atoms with E-state index in [0.717, 1.165) is 5.56 Å². The summed E-state index contributed by atoms with van der Waals surface area (Å²) in [5, 5.41) is 2.64. The van der Waals surface area contributed by atoms with Gasteiger partial charge in [0, 0.05) is 6.54 Å². The van der Waals surface area contributed by atoms with Crippen LogP contribution in [0, 0.1) is 0 Å². The molecule has 1 amide bonds. The zero-order valence-corrected chi connectivity index (χ0v) is 34.0. The van der Waals surface area contributed by atoms with E-state index in [9.17, 15) is 9.59 Å². The van der Waals surface area contributed by atoms with Gasteiger partial charge in [-0.2, -0.15) is 0 Å². The molecule has 0 atom stereocenters. The summed E-state index contributed by atoms with van der Waals surface area (Å²) < 4.78 is 75.9. The highest BCUT2D eigenvalue weighted by atomic mass is 16.6. The summed E-state index contributed by atoms with van der Waals surface area (Å²) in [6.07, 6.45) is -0.247. The van der Waals surface area contributed by atoms with Crippen molar-refractivity contribution in [3.8, 4) is 0 Å². The molecule has 1 rings (SSSR count). The molecule has 0 saturated carbocycles. The van der Waals surface area contributed by atoms with Crippen molar-refractivity contribution in [3.05, 3.63) is 35.9 Å². The van der Waals surface area contributed by atoms with E-state index in [-0.39, 0.29) is 19.0 Å². The van der Waals surface area contributed by atoms with E-state index in [4.69, 9.17) is 66.3 Å². The summed E-state index contributed by atoms with van der Waals surface area (Å²) >= 11 is 0. The molecule has 0 unspecified atom stereocenters. The minimum atomic E-state index is -0.479. The topological polar surface area (TPSA) is 175 Å². The zero-order chi connectivity index (χ0) is 40.5. The number of benzene rings is 1. The highest BCUT2D eigenvalue weighted by Gasteiger charge is 2.15. The Labute approximate surface area is 333 Å². The Morgan fingerprint density at radius 2 is 0.750 bits per heavy atom. The van der Waals surface area contributed by atoms with Crippen LogP contribution in [-0.4, -0.2) is 183 Å². The Balaban J connectivity index is 1.63. The van der Waals surface area contributed by atoms with Gasteiger partial charge in [0.05, 0.1) is 165 Å². The van der Waals surface area contributed by atoms with Crippen LogP contribution in [0.4, 0.5) is 4.79 Å². The first-order valence-corrected chi connectivity index (χ1v) is 19.5. The smallest absolute Gasteiger partial charge is 0.407 e. The Bertz CT molecular complexity index is 1000. The van der Waals surface area contributed by atoms with Crippen LogP contribution in [0.25, 0.3) is 0 Å². The molecule has 0 aliphatic heterocycles. The second-order valence-corrected chi connectivity index (χ2v) is 12.7. The monoisotopic (exact) mass is 807 g/mol. The number of carbonyl (C=O) groups excluding carboxylic acids is 2. The van der Waals surface area contributed by atoms with E-state index >= 15 is 0 Å². The highest BCUT2D eigenvalue weighted by molar-refractivity contribution is 5.69. The van der Waals surface area contributed by atoms with Crippen molar-refractivity contribution in [2.75, 3.05) is 165 Å². The summed E-state index contributed by atoms with van der Waals surface area (Å²) in [4.78, 5) is 23.2. The van der Waals surface area contributed by atoms with Crippen LogP contribution in [0.5, 0.6) is 0 Å². The SMILES string of the molecule is CC(C)(C)OC(=O)CCOCCOCCOCCOCCOCCOCCOCCOCCOCCOCCOCCOCCNC(=O)OCc1ccccc1. The first kappa shape index (κ1) is 51.5. The zero-order valence-electron chi connectivity index (χ0n) is 34.0. The Morgan fingerprint density at radius 1 is 0.446 bits per heavy atom. The fraction of sp³-hybridized carbons (Fsp3) is 0.795. The van der Waals surface area contributed by atoms with Gasteiger partial charge in [-0.15, -0.1) is 0 Å². The van der Waals surface area contributed by atoms with Crippen LogP contribution >= 0.6 is 0 Å². The molecule has 0 aromatic heterocycles. The van der Waals surface area contributed by atoms with Crippen LogP contribution in [0.15, 0.2) is 30.3 Å². The third kappa shape index (κ3) is 39.7. The molecule has 0 bridgehead atoms. The molecule has 17 nitrogen and oxygen atoms in total. The summed E-state index contributed by atoms with van der Waals surface area (Å²) in [6.45, 7) is 17.1. The minimum absolute atomic E-state index is 0.226. The molecule has 326 valence electrons. The number of amides is 1. The lowest BCUT2D eigenvalue weighted by molar-refractivity contribution is -0.156. The van der Waals surface area contributed by atoms with Gasteiger partial charge in [0.2, 0.25) is 0 Å². The van der Waals surface area contributed by atoms with E-state index in [1.165, 1.54) is 0 Å². The van der Waals surface area contributed by atoms with Gasteiger partial charge in [-0.05, 0) is 26.3 Å². The number of rotatable bonds is 41. The van der Waals surface area contributed by atoms with Crippen molar-refractivity contribution in [2.24, 2.45) is 0 Å². The lowest BCUT2D eigenvalue weighted by atomic mass is 10.2. The molecule has 0 radical (unpaired) electrons. The quantitative estimate of drug-likeness (QED) is 0.0755. The van der Waals surface area contributed by atoms with Crippen LogP contribution in [0.3, 0.4) is 0 Å². The molecule has 56 heavy (non-hydrogen) atoms. The summed E-state index contributed by atoms with van der Waals surface area (Å²) in [6, 6.07) is 9.49. The normalized spacial score (nSPS) is 11.6. The first-order valence-electron chi connectivity index (χ1n) is 19.5. The lowest BCUT2D eigenvalue weighted by Gasteiger charge is -2.19. The molecule has 0 spiro atoms. The Kier molecular flexibility index (Phi) is 36.2. The molecule has 1 N–H and O–H groups in total. The van der Waals surface area contributed by atoms with E-state index in [2.05, 4.69) is 5.32 Å². The van der Waals surface area contributed by atoms with Crippen molar-refractivity contribution < 1.29 is 75.9 Å². The highest BCUT2D eigenvalue weighted by Crippen LogP contribution is 2.08. The van der Waals surface area contributed by atoms with E-state index in [0.29, 0.717) is 165 Å². The van der Waals surface area contributed by atoms with Gasteiger partial charge >= 0.3 is 12.1 Å². The van der Waals surface area contributed by atoms with Gasteiger partial charge < -0.3 is 71.6 Å². The third-order valence-electron chi connectivity index (χ3n) is 6.69. The van der Waals surface area contributed by atoms with Gasteiger partial charge in [0.25, 0.3) is 0 Å². The maximum absolute atomic E-state index is 11.7. The summed E-state index contributed by atoms with van der Waals surface area (Å²) in [5.74, 6) is -0.269. The van der Waals surface area contributed by atoms with Crippen LogP contribution in [-0.2, 0) is 77.7 Å². The molecule has 0 aliphatic rings. The standard InChI is InChI=1S/C39H69NO16/c1-39(2,3)56-37(41)9-11-43-13-15-45-17-19-47-21-23-49-25-27-51-29-31-53-33-34-54-32-30-52-28-26-50-24-22-48-20-18-46-16-14-44-12-10-40-38(42)55-35-36-7-5-4-6-8-36/h4-8H,9-35H2,1-3H3,(H,40,42). The third-order valence-corrected chi connectivity index (χ3v) is 6.69. The molecule has 0 fully saturated rings. The number of alkyl carbamates (subject to hydrolysis) is 1. The second-order valence-electron chi connectivity index (χ2n) is 12.7. The predicted octanol–water partition coefficient (Wildman–Crippen LogP) is 2.84. The number of carbonyl (C=O) groups is 2. The number of esters is 1. The summed E-state index contributed by atoms with van der Waals surface area (Å²) in [5.41, 5.74) is 0.454. The molecule has 0 heterocycles. The number of nitrogens with one attached hydrogen (secondary N) is 1. The number of ether oxygens (including phenoxy) is 14. The van der Waals surface area contributed by atoms with E-state index < -0.39 is 11.7 Å². The van der Waals surface area contributed by atoms with Crippen molar-refractivity contribution in [1.29, 1.82) is 0 Å². The average Bonchev–Trinajstić information content (AvgIpc) is 3.17. The summed E-state index contributed by atoms with van der Waals surface area (Å²) in [7, 11) is 0. The molecule has 1 aromatic rings. The molecule has 17 heteroatoms. The maximum Gasteiger partial charge on any atom is 0.407 e. The van der Waals surface area contributed by atoms with Gasteiger partial charge in [0.15, 0.2) is 0 Å². The van der Waals surface area contributed by atoms with Crippen molar-refractivity contribution in [3.63, 3.8) is 0 Å². The first-order chi connectivity index (χ1) is 27.4. The lowest BCUT2D eigenvalue weighted by Crippen LogP contribution is -2.28. The molecule has 0 saturated heterocycles. The van der Waals surface area contributed by atoms with Crippen LogP contribution < -0.4 is 5.32 Å². The van der Waals surface area contributed by atoms with E-state index in [1.807, 2.05) is 51.1 Å². The van der Waals surface area contributed by atoms with Crippen molar-refractivity contribution in [2.45, 2.75) is 39.4 Å². The largest absolute Gasteiger partial charge is 0.460 e. The van der Waals surface area contributed by atoms with Crippen LogP contribution in [0.2, 0.25) is 0 Å². The van der Waals surface area contributed by atoms with Gasteiger partial charge in [0.1, 0.15) is 12.2 Å². The van der Waals surface area contributed by atoms with Crippen LogP contribution in [0.1, 0.15) is 32.8 Å². The van der Waals surface area contributed by atoms with Crippen molar-refractivity contribution in [1.82, 2.24) is 5.32 Å². The fourth-order valence-corrected chi connectivity index (χ4v) is 4.07. The number of hydrogen-bond donors (Lipinski definition) is 1. The van der Waals surface area contributed by atoms with Crippen molar-refractivity contribution >= 4 is 12.1 Å².